The van der Waals surface area contributed by atoms with Gasteiger partial charge in [0.05, 0.1) is 0 Å². The third-order valence-corrected chi connectivity index (χ3v) is 4.49. The van der Waals surface area contributed by atoms with Gasteiger partial charge < -0.3 is 4.90 Å². The van der Waals surface area contributed by atoms with E-state index in [0.717, 1.165) is 17.9 Å². The van der Waals surface area contributed by atoms with E-state index >= 15 is 0 Å². The summed E-state index contributed by atoms with van der Waals surface area (Å²) in [5.74, 6) is 1.96. The summed E-state index contributed by atoms with van der Waals surface area (Å²) in [6.07, 6.45) is 7.24. The van der Waals surface area contributed by atoms with E-state index in [2.05, 4.69) is 27.8 Å². The second kappa shape index (κ2) is 4.98. The van der Waals surface area contributed by atoms with Gasteiger partial charge in [0.25, 0.3) is 0 Å². The van der Waals surface area contributed by atoms with Gasteiger partial charge in [-0.05, 0) is 50.5 Å². The molecule has 0 aromatic carbocycles. The van der Waals surface area contributed by atoms with Crippen molar-refractivity contribution < 1.29 is 0 Å². The van der Waals surface area contributed by atoms with Crippen LogP contribution in [0.1, 0.15) is 39.0 Å². The molecule has 2 rings (SSSR count). The van der Waals surface area contributed by atoms with Gasteiger partial charge in [0.15, 0.2) is 0 Å². The summed E-state index contributed by atoms with van der Waals surface area (Å²) in [4.78, 5) is 2.75. The Kier molecular flexibility index (Phi) is 3.89. The van der Waals surface area contributed by atoms with Crippen molar-refractivity contribution in [2.75, 3.05) is 18.4 Å². The van der Waals surface area contributed by atoms with E-state index in [0.29, 0.717) is 0 Å². The molecule has 2 bridgehead atoms. The fourth-order valence-electron chi connectivity index (χ4n) is 3.02. The van der Waals surface area contributed by atoms with E-state index in [1.165, 1.54) is 50.5 Å². The van der Waals surface area contributed by atoms with Crippen molar-refractivity contribution in [2.45, 2.75) is 45.1 Å². The molecule has 1 heterocycles. The molecule has 0 N–H and O–H groups in total. The van der Waals surface area contributed by atoms with Crippen molar-refractivity contribution in [3.63, 3.8) is 0 Å². The maximum absolute atomic E-state index is 3.52. The second-order valence-corrected chi connectivity index (χ2v) is 5.99. The Morgan fingerprint density at radius 3 is 2.79 bits per heavy atom. The predicted molar refractivity (Wildman–Crippen MR) is 64.9 cm³/mol. The number of halogens is 1. The summed E-state index contributed by atoms with van der Waals surface area (Å²) in [5, 5.41) is 1.17. The molecule has 1 saturated carbocycles. The van der Waals surface area contributed by atoms with Crippen LogP contribution in [-0.2, 0) is 0 Å². The molecule has 1 nitrogen and oxygen atoms in total. The molecule has 0 spiro atoms. The average molecular weight is 260 g/mol. The van der Waals surface area contributed by atoms with Crippen LogP contribution in [0.3, 0.4) is 0 Å². The van der Waals surface area contributed by atoms with Gasteiger partial charge in [0, 0.05) is 17.9 Å². The van der Waals surface area contributed by atoms with Gasteiger partial charge in [-0.2, -0.15) is 0 Å². The van der Waals surface area contributed by atoms with E-state index in [4.69, 9.17) is 0 Å². The zero-order valence-electron chi connectivity index (χ0n) is 9.21. The molecule has 14 heavy (non-hydrogen) atoms. The van der Waals surface area contributed by atoms with Crippen LogP contribution in [-0.4, -0.2) is 29.4 Å². The molecule has 0 aromatic heterocycles. The minimum Gasteiger partial charge on any atom is -0.300 e. The summed E-state index contributed by atoms with van der Waals surface area (Å²) in [5.41, 5.74) is 0. The number of likely N-dealkylation sites (tertiary alicyclic amines) is 1. The Morgan fingerprint density at radius 2 is 2.21 bits per heavy atom. The summed E-state index contributed by atoms with van der Waals surface area (Å²) in [7, 11) is 0. The molecule has 2 fully saturated rings. The fourth-order valence-corrected chi connectivity index (χ4v) is 3.80. The number of piperidine rings is 1. The third-order valence-electron chi connectivity index (χ3n) is 4.03. The number of hydrogen-bond acceptors (Lipinski definition) is 1. The Hall–Kier alpha value is 0.440. The Labute approximate surface area is 96.4 Å². The zero-order valence-corrected chi connectivity index (χ0v) is 10.8. The van der Waals surface area contributed by atoms with Crippen LogP contribution in [0.5, 0.6) is 0 Å². The van der Waals surface area contributed by atoms with E-state index in [1.54, 1.807) is 0 Å². The van der Waals surface area contributed by atoms with Gasteiger partial charge in [-0.3, -0.25) is 0 Å². The first-order chi connectivity index (χ1) is 6.79. The van der Waals surface area contributed by atoms with Gasteiger partial charge in [-0.25, -0.2) is 0 Å². The molecular formula is C12H22BrN. The van der Waals surface area contributed by atoms with Gasteiger partial charge in [0.1, 0.15) is 0 Å². The van der Waals surface area contributed by atoms with E-state index in [1.807, 2.05) is 0 Å². The predicted octanol–water partition coefficient (Wildman–Crippen LogP) is 3.28. The highest BCUT2D eigenvalue weighted by Crippen LogP contribution is 2.37. The van der Waals surface area contributed by atoms with Crippen molar-refractivity contribution in [1.82, 2.24) is 4.90 Å². The van der Waals surface area contributed by atoms with Crippen molar-refractivity contribution >= 4 is 15.9 Å². The average Bonchev–Trinajstić information content (AvgIpc) is 2.76. The molecule has 1 saturated heterocycles. The first-order valence-electron chi connectivity index (χ1n) is 6.09. The number of fused-ring (bicyclic) bond motifs is 2. The molecule has 0 aromatic rings. The van der Waals surface area contributed by atoms with Crippen molar-refractivity contribution in [3.05, 3.63) is 0 Å². The molecule has 0 radical (unpaired) electrons. The molecule has 2 heteroatoms. The maximum Gasteiger partial charge on any atom is 0.00985 e. The van der Waals surface area contributed by atoms with Gasteiger partial charge in [0.2, 0.25) is 0 Å². The van der Waals surface area contributed by atoms with Crippen LogP contribution < -0.4 is 0 Å². The lowest BCUT2D eigenvalue weighted by Crippen LogP contribution is -2.33. The van der Waals surface area contributed by atoms with Gasteiger partial charge in [-0.1, -0.05) is 22.9 Å². The standard InChI is InChI=1S/C12H22BrN/c1-10(4-6-13)5-7-14-9-11-2-3-12(14)8-11/h10-12H,2-9H2,1H3. The molecule has 1 aliphatic carbocycles. The number of rotatable bonds is 5. The number of hydrogen-bond donors (Lipinski definition) is 0. The van der Waals surface area contributed by atoms with Crippen molar-refractivity contribution in [1.29, 1.82) is 0 Å². The summed E-state index contributed by atoms with van der Waals surface area (Å²) in [6, 6.07) is 0.969. The number of nitrogens with zero attached hydrogens (tertiary/aromatic N) is 1. The Morgan fingerprint density at radius 1 is 1.36 bits per heavy atom. The molecule has 0 amide bonds. The summed E-state index contributed by atoms with van der Waals surface area (Å²) >= 11 is 3.52. The van der Waals surface area contributed by atoms with Gasteiger partial charge in [-0.15, -0.1) is 0 Å². The molecule has 82 valence electrons. The minimum absolute atomic E-state index is 0.897. The molecule has 3 atom stereocenters. The van der Waals surface area contributed by atoms with Gasteiger partial charge >= 0.3 is 0 Å². The van der Waals surface area contributed by atoms with E-state index < -0.39 is 0 Å². The number of alkyl halides is 1. The lowest BCUT2D eigenvalue weighted by molar-refractivity contribution is 0.200. The third kappa shape index (κ3) is 2.52. The molecular weight excluding hydrogens is 238 g/mol. The summed E-state index contributed by atoms with van der Waals surface area (Å²) < 4.78 is 0. The minimum atomic E-state index is 0.897. The van der Waals surface area contributed by atoms with Crippen LogP contribution in [0, 0.1) is 11.8 Å². The highest BCUT2D eigenvalue weighted by molar-refractivity contribution is 9.09. The summed E-state index contributed by atoms with van der Waals surface area (Å²) in [6.45, 7) is 5.15. The van der Waals surface area contributed by atoms with E-state index in [-0.39, 0.29) is 0 Å². The van der Waals surface area contributed by atoms with Crippen LogP contribution in [0.15, 0.2) is 0 Å². The first-order valence-corrected chi connectivity index (χ1v) is 7.21. The highest BCUT2D eigenvalue weighted by atomic mass is 79.9. The highest BCUT2D eigenvalue weighted by Gasteiger charge is 2.37. The lowest BCUT2D eigenvalue weighted by atomic mass is 10.0. The normalized spacial score (nSPS) is 33.9. The van der Waals surface area contributed by atoms with Crippen LogP contribution >= 0.6 is 15.9 Å². The largest absolute Gasteiger partial charge is 0.300 e. The first kappa shape index (κ1) is 10.9. The topological polar surface area (TPSA) is 3.24 Å². The maximum atomic E-state index is 3.52. The molecule has 1 aliphatic heterocycles. The SMILES string of the molecule is CC(CCBr)CCN1CC2CCC1C2. The zero-order chi connectivity index (χ0) is 9.97. The smallest absolute Gasteiger partial charge is 0.00985 e. The van der Waals surface area contributed by atoms with Crippen molar-refractivity contribution in [3.8, 4) is 0 Å². The van der Waals surface area contributed by atoms with Crippen LogP contribution in [0.25, 0.3) is 0 Å². The van der Waals surface area contributed by atoms with E-state index in [9.17, 15) is 0 Å². The quantitative estimate of drug-likeness (QED) is 0.686. The molecule has 3 unspecified atom stereocenters. The van der Waals surface area contributed by atoms with Crippen molar-refractivity contribution in [2.24, 2.45) is 11.8 Å². The molecule has 2 aliphatic rings. The van der Waals surface area contributed by atoms with Crippen LogP contribution in [0.2, 0.25) is 0 Å². The Bertz CT molecular complexity index is 183. The lowest BCUT2D eigenvalue weighted by Gasteiger charge is -2.27. The van der Waals surface area contributed by atoms with Crippen LogP contribution in [0.4, 0.5) is 0 Å². The fraction of sp³-hybridized carbons (Fsp3) is 1.00. The monoisotopic (exact) mass is 259 g/mol. The second-order valence-electron chi connectivity index (χ2n) is 5.20. The Balaban J connectivity index is 1.66.